The van der Waals surface area contributed by atoms with Crippen LogP contribution < -0.4 is 30.1 Å². The van der Waals surface area contributed by atoms with Crippen molar-refractivity contribution in [1.29, 1.82) is 0 Å². The Hall–Kier alpha value is -5.20. The summed E-state index contributed by atoms with van der Waals surface area (Å²) in [7, 11) is 1.63. The third kappa shape index (κ3) is 7.66. The van der Waals surface area contributed by atoms with Crippen molar-refractivity contribution in [1.82, 2.24) is 14.9 Å². The van der Waals surface area contributed by atoms with Crippen LogP contribution in [0.2, 0.25) is 0 Å². The normalized spacial score (nSPS) is 19.3. The SMILES string of the molecule is C=CC(=O)Nc1cc(Nc2cc(N3OCCC3Cc3cccc(Oc4cccc(F)c4)c3)ncn2)c(OC)cc1N1CCN(C2CC2)C(C)C1. The van der Waals surface area contributed by atoms with Gasteiger partial charge in [0.05, 0.1) is 36.8 Å². The highest BCUT2D eigenvalue weighted by Gasteiger charge is 2.36. The first-order valence-electron chi connectivity index (χ1n) is 17.1. The van der Waals surface area contributed by atoms with Gasteiger partial charge in [-0.1, -0.05) is 24.8 Å². The molecule has 260 valence electrons. The van der Waals surface area contributed by atoms with Crippen LogP contribution >= 0.6 is 0 Å². The number of ether oxygens (including phenoxy) is 2. The molecule has 12 heteroatoms. The maximum Gasteiger partial charge on any atom is 0.247 e. The van der Waals surface area contributed by atoms with E-state index in [1.54, 1.807) is 19.2 Å². The molecule has 0 spiro atoms. The quantitative estimate of drug-likeness (QED) is 0.157. The molecule has 0 bridgehead atoms. The van der Waals surface area contributed by atoms with Gasteiger partial charge in [-0.2, -0.15) is 0 Å². The van der Waals surface area contributed by atoms with Gasteiger partial charge in [-0.15, -0.1) is 0 Å². The van der Waals surface area contributed by atoms with Crippen LogP contribution in [0.4, 0.5) is 33.1 Å². The number of aromatic nitrogens is 2. The summed E-state index contributed by atoms with van der Waals surface area (Å²) in [5, 5.41) is 8.21. The highest BCUT2D eigenvalue weighted by molar-refractivity contribution is 6.02. The minimum absolute atomic E-state index is 0.0134. The minimum Gasteiger partial charge on any atom is -0.494 e. The Morgan fingerprint density at radius 2 is 1.86 bits per heavy atom. The highest BCUT2D eigenvalue weighted by Crippen LogP contribution is 2.40. The molecule has 2 N–H and O–H groups in total. The van der Waals surface area contributed by atoms with Gasteiger partial charge in [-0.25, -0.2) is 19.4 Å². The summed E-state index contributed by atoms with van der Waals surface area (Å²) in [5.74, 6) is 2.19. The standard InChI is InChI=1S/C38H42FN7O4/c1-4-38(47)43-32-20-33(35(48-3)21-34(32)44-14-15-45(25(2)23-44)28-11-12-28)42-36-22-37(41-24-40-36)46-29(13-16-49-46)17-26-7-5-9-30(18-26)50-31-10-6-8-27(39)19-31/h4-10,18-22,24-25,28-29H,1,11-17,23H2,2-3H3,(H,43,47)(H,40,41,42). The molecule has 3 aliphatic rings. The number of hydrogen-bond acceptors (Lipinski definition) is 10. The minimum atomic E-state index is -0.348. The Labute approximate surface area is 291 Å². The zero-order chi connectivity index (χ0) is 34.6. The predicted octanol–water partition coefficient (Wildman–Crippen LogP) is 6.71. The van der Waals surface area contributed by atoms with Crippen molar-refractivity contribution < 1.29 is 23.5 Å². The number of hydrogen-bond donors (Lipinski definition) is 2. The number of methoxy groups -OCH3 is 1. The van der Waals surface area contributed by atoms with Crippen molar-refractivity contribution in [3.8, 4) is 17.2 Å². The van der Waals surface area contributed by atoms with E-state index in [1.807, 2.05) is 47.5 Å². The van der Waals surface area contributed by atoms with Gasteiger partial charge in [0.15, 0.2) is 5.82 Å². The fourth-order valence-corrected chi connectivity index (χ4v) is 6.82. The third-order valence-electron chi connectivity index (χ3n) is 9.35. The largest absolute Gasteiger partial charge is 0.494 e. The lowest BCUT2D eigenvalue weighted by Gasteiger charge is -2.42. The molecule has 50 heavy (non-hydrogen) atoms. The summed E-state index contributed by atoms with van der Waals surface area (Å²) in [6.07, 6.45) is 6.80. The fraction of sp³-hybridized carbons (Fsp3) is 0.342. The van der Waals surface area contributed by atoms with Crippen molar-refractivity contribution in [2.24, 2.45) is 0 Å². The summed E-state index contributed by atoms with van der Waals surface area (Å²) in [5.41, 5.74) is 3.24. The zero-order valence-corrected chi connectivity index (χ0v) is 28.3. The van der Waals surface area contributed by atoms with Crippen LogP contribution in [0.1, 0.15) is 31.7 Å². The van der Waals surface area contributed by atoms with Gasteiger partial charge in [0.2, 0.25) is 5.91 Å². The number of piperazine rings is 1. The van der Waals surface area contributed by atoms with Crippen LogP contribution in [0.5, 0.6) is 17.2 Å². The zero-order valence-electron chi connectivity index (χ0n) is 28.3. The Bertz CT molecular complexity index is 1850. The van der Waals surface area contributed by atoms with Crippen LogP contribution in [0.25, 0.3) is 0 Å². The van der Waals surface area contributed by atoms with E-state index < -0.39 is 0 Å². The lowest BCUT2D eigenvalue weighted by Crippen LogP contribution is -2.52. The van der Waals surface area contributed by atoms with Gasteiger partial charge in [0.1, 0.15) is 35.2 Å². The summed E-state index contributed by atoms with van der Waals surface area (Å²) >= 11 is 0. The molecule has 1 aromatic heterocycles. The second-order valence-electron chi connectivity index (χ2n) is 12.9. The molecule has 2 atom stereocenters. The topological polar surface area (TPSA) is 104 Å². The number of halogens is 1. The number of hydroxylamine groups is 1. The van der Waals surface area contributed by atoms with Crippen molar-refractivity contribution in [3.63, 3.8) is 0 Å². The molecule has 3 aromatic carbocycles. The number of nitrogens with zero attached hydrogens (tertiary/aromatic N) is 5. The lowest BCUT2D eigenvalue weighted by molar-refractivity contribution is -0.111. The average Bonchev–Trinajstić information content (AvgIpc) is 3.85. The van der Waals surface area contributed by atoms with Gasteiger partial charge in [0.25, 0.3) is 0 Å². The fourth-order valence-electron chi connectivity index (χ4n) is 6.82. The van der Waals surface area contributed by atoms with E-state index in [4.69, 9.17) is 14.3 Å². The van der Waals surface area contributed by atoms with Crippen molar-refractivity contribution in [3.05, 3.63) is 97.1 Å². The molecule has 1 amide bonds. The van der Waals surface area contributed by atoms with E-state index in [0.717, 1.165) is 37.3 Å². The van der Waals surface area contributed by atoms with Gasteiger partial charge >= 0.3 is 0 Å². The van der Waals surface area contributed by atoms with Crippen LogP contribution in [-0.2, 0) is 16.1 Å². The Morgan fingerprint density at radius 3 is 2.62 bits per heavy atom. The number of carbonyl (C=O) groups excluding carboxylic acids is 1. The molecule has 11 nitrogen and oxygen atoms in total. The van der Waals surface area contributed by atoms with Crippen LogP contribution in [0.3, 0.4) is 0 Å². The summed E-state index contributed by atoms with van der Waals surface area (Å²) < 4.78 is 25.4. The van der Waals surface area contributed by atoms with Gasteiger partial charge < -0.3 is 25.0 Å². The number of amides is 1. The molecular weight excluding hydrogens is 637 g/mol. The molecule has 2 saturated heterocycles. The third-order valence-corrected chi connectivity index (χ3v) is 9.35. The van der Waals surface area contributed by atoms with E-state index in [2.05, 4.69) is 43.9 Å². The average molecular weight is 680 g/mol. The second-order valence-corrected chi connectivity index (χ2v) is 12.9. The first-order chi connectivity index (χ1) is 24.4. The predicted molar refractivity (Wildman–Crippen MR) is 192 cm³/mol. The second kappa shape index (κ2) is 14.7. The number of nitrogens with one attached hydrogen (secondary N) is 2. The van der Waals surface area contributed by atoms with Gasteiger partial charge in [-0.05, 0) is 74.6 Å². The first kappa shape index (κ1) is 33.3. The van der Waals surface area contributed by atoms with Gasteiger partial charge in [0, 0.05) is 49.9 Å². The Balaban J connectivity index is 1.09. The van der Waals surface area contributed by atoms with Crippen LogP contribution in [-0.4, -0.2) is 72.3 Å². The van der Waals surface area contributed by atoms with E-state index in [-0.39, 0.29) is 17.8 Å². The summed E-state index contributed by atoms with van der Waals surface area (Å²) in [6.45, 7) is 9.13. The van der Waals surface area contributed by atoms with Crippen molar-refractivity contribution in [2.75, 3.05) is 53.9 Å². The Kier molecular flexibility index (Phi) is 9.81. The molecule has 4 aromatic rings. The Morgan fingerprint density at radius 1 is 1.04 bits per heavy atom. The number of rotatable bonds is 12. The molecule has 3 heterocycles. The lowest BCUT2D eigenvalue weighted by atomic mass is 10.0. The highest BCUT2D eigenvalue weighted by atomic mass is 19.1. The molecule has 7 rings (SSSR count). The number of anilines is 5. The van der Waals surface area contributed by atoms with Gasteiger partial charge in [-0.3, -0.25) is 14.5 Å². The molecule has 3 fully saturated rings. The molecule has 1 saturated carbocycles. The van der Waals surface area contributed by atoms with Crippen LogP contribution in [0.15, 0.2) is 85.7 Å². The smallest absolute Gasteiger partial charge is 0.247 e. The van der Waals surface area contributed by atoms with E-state index >= 15 is 0 Å². The van der Waals surface area contributed by atoms with Crippen LogP contribution in [0, 0.1) is 5.82 Å². The molecule has 2 aliphatic heterocycles. The number of carbonyl (C=O) groups is 1. The molecular formula is C38H42FN7O4. The first-order valence-corrected chi connectivity index (χ1v) is 17.1. The molecule has 1 aliphatic carbocycles. The van der Waals surface area contributed by atoms with E-state index in [0.29, 0.717) is 65.4 Å². The van der Waals surface area contributed by atoms with Crippen molar-refractivity contribution >= 4 is 34.6 Å². The van der Waals surface area contributed by atoms with Crippen molar-refractivity contribution in [2.45, 2.75) is 50.7 Å². The summed E-state index contributed by atoms with van der Waals surface area (Å²) in [6, 6.07) is 20.7. The van der Waals surface area contributed by atoms with E-state index in [9.17, 15) is 9.18 Å². The maximum absolute atomic E-state index is 13.7. The monoisotopic (exact) mass is 679 g/mol. The maximum atomic E-state index is 13.7. The summed E-state index contributed by atoms with van der Waals surface area (Å²) in [4.78, 5) is 32.5. The number of benzene rings is 3. The molecule has 2 unspecified atom stereocenters. The van der Waals surface area contributed by atoms with E-state index in [1.165, 1.54) is 37.4 Å². The molecule has 0 radical (unpaired) electrons.